The summed E-state index contributed by atoms with van der Waals surface area (Å²) in [5, 5.41) is 0. The second-order valence-electron chi connectivity index (χ2n) is 6.08. The Balaban J connectivity index is 1.60. The minimum Gasteiger partial charge on any atom is -0.494 e. The van der Waals surface area contributed by atoms with Crippen LogP contribution in [-0.4, -0.2) is 25.0 Å². The Morgan fingerprint density at radius 3 is 2.64 bits per heavy atom. The summed E-state index contributed by atoms with van der Waals surface area (Å²) in [5.74, 6) is 0.422. The molecule has 5 heteroatoms. The maximum absolute atomic E-state index is 12.6. The molecule has 2 aromatic carbocycles. The highest BCUT2D eigenvalue weighted by Crippen LogP contribution is 2.30. The normalized spacial score (nSPS) is 13.2. The Hall–Kier alpha value is -2.82. The predicted molar refractivity (Wildman–Crippen MR) is 96.8 cm³/mol. The molecule has 1 heterocycles. The van der Waals surface area contributed by atoms with Gasteiger partial charge < -0.3 is 15.4 Å². The van der Waals surface area contributed by atoms with Crippen LogP contribution in [0.15, 0.2) is 48.5 Å². The molecule has 0 saturated carbocycles. The SMILES string of the molecule is NC(=O)c1cccc2c1CCCN2C(=O)CCCOc1ccccc1. The summed E-state index contributed by atoms with van der Waals surface area (Å²) < 4.78 is 5.63. The number of anilines is 1. The first-order valence-corrected chi connectivity index (χ1v) is 8.56. The molecule has 0 aliphatic carbocycles. The lowest BCUT2D eigenvalue weighted by Crippen LogP contribution is -2.36. The first kappa shape index (κ1) is 17.0. The lowest BCUT2D eigenvalue weighted by atomic mass is 9.95. The van der Waals surface area contributed by atoms with Gasteiger partial charge in [0.15, 0.2) is 0 Å². The van der Waals surface area contributed by atoms with Crippen molar-refractivity contribution in [3.63, 3.8) is 0 Å². The predicted octanol–water partition coefficient (Wildman–Crippen LogP) is 2.92. The standard InChI is InChI=1S/C20H22N2O3/c21-20(24)17-9-4-11-18-16(17)10-5-13-22(18)19(23)12-6-14-25-15-7-2-1-3-8-15/h1-4,7-9,11H,5-6,10,12-14H2,(H2,21,24). The highest BCUT2D eigenvalue weighted by molar-refractivity contribution is 6.00. The van der Waals surface area contributed by atoms with E-state index >= 15 is 0 Å². The number of fused-ring (bicyclic) bond motifs is 1. The molecule has 0 radical (unpaired) electrons. The van der Waals surface area contributed by atoms with Gasteiger partial charge in [0.1, 0.15) is 5.75 Å². The number of carbonyl (C=O) groups is 2. The van der Waals surface area contributed by atoms with Gasteiger partial charge in [-0.3, -0.25) is 9.59 Å². The molecule has 2 amide bonds. The van der Waals surface area contributed by atoms with Gasteiger partial charge in [-0.05, 0) is 49.1 Å². The van der Waals surface area contributed by atoms with Crippen LogP contribution in [0.1, 0.15) is 35.2 Å². The van der Waals surface area contributed by atoms with Crippen LogP contribution in [0.2, 0.25) is 0 Å². The van der Waals surface area contributed by atoms with Crippen LogP contribution < -0.4 is 15.4 Å². The van der Waals surface area contributed by atoms with Crippen LogP contribution in [0.25, 0.3) is 0 Å². The van der Waals surface area contributed by atoms with Crippen LogP contribution in [0.5, 0.6) is 5.75 Å². The fourth-order valence-corrected chi connectivity index (χ4v) is 3.18. The third-order valence-electron chi connectivity index (χ3n) is 4.36. The molecule has 5 nitrogen and oxygen atoms in total. The van der Waals surface area contributed by atoms with E-state index < -0.39 is 5.91 Å². The minimum absolute atomic E-state index is 0.0548. The van der Waals surface area contributed by atoms with Gasteiger partial charge in [0.05, 0.1) is 6.61 Å². The van der Waals surface area contributed by atoms with Gasteiger partial charge in [0.25, 0.3) is 0 Å². The van der Waals surface area contributed by atoms with E-state index in [2.05, 4.69) is 0 Å². The molecule has 0 unspecified atom stereocenters. The Labute approximate surface area is 147 Å². The van der Waals surface area contributed by atoms with E-state index in [0.717, 1.165) is 29.8 Å². The number of rotatable bonds is 6. The number of primary amides is 1. The molecule has 0 spiro atoms. The molecule has 130 valence electrons. The smallest absolute Gasteiger partial charge is 0.249 e. The van der Waals surface area contributed by atoms with Crippen molar-refractivity contribution < 1.29 is 14.3 Å². The third-order valence-corrected chi connectivity index (χ3v) is 4.36. The molecule has 0 atom stereocenters. The molecular weight excluding hydrogens is 316 g/mol. The number of ether oxygens (including phenoxy) is 1. The average molecular weight is 338 g/mol. The number of hydrogen-bond acceptors (Lipinski definition) is 3. The van der Waals surface area contributed by atoms with Crippen LogP contribution in [0.4, 0.5) is 5.69 Å². The molecule has 2 aromatic rings. The summed E-state index contributed by atoms with van der Waals surface area (Å²) >= 11 is 0. The van der Waals surface area contributed by atoms with E-state index in [1.165, 1.54) is 0 Å². The molecule has 1 aliphatic heterocycles. The van der Waals surface area contributed by atoms with Crippen molar-refractivity contribution in [3.8, 4) is 5.75 Å². The first-order chi connectivity index (χ1) is 12.2. The average Bonchev–Trinajstić information content (AvgIpc) is 2.64. The fourth-order valence-electron chi connectivity index (χ4n) is 3.18. The van der Waals surface area contributed by atoms with E-state index in [4.69, 9.17) is 10.5 Å². The summed E-state index contributed by atoms with van der Waals surface area (Å²) in [5.41, 5.74) is 7.67. The van der Waals surface area contributed by atoms with Gasteiger partial charge in [-0.2, -0.15) is 0 Å². The van der Waals surface area contributed by atoms with Crippen LogP contribution in [-0.2, 0) is 11.2 Å². The van der Waals surface area contributed by atoms with Gasteiger partial charge in [-0.1, -0.05) is 24.3 Å². The number of para-hydroxylation sites is 1. The number of nitrogens with zero attached hydrogens (tertiary/aromatic N) is 1. The Kier molecular flexibility index (Phi) is 5.33. The number of amides is 2. The zero-order valence-corrected chi connectivity index (χ0v) is 14.1. The number of benzene rings is 2. The highest BCUT2D eigenvalue weighted by Gasteiger charge is 2.25. The van der Waals surface area contributed by atoms with Crippen molar-refractivity contribution in [1.29, 1.82) is 0 Å². The van der Waals surface area contributed by atoms with Crippen molar-refractivity contribution >= 4 is 17.5 Å². The van der Waals surface area contributed by atoms with Gasteiger partial charge in [0.2, 0.25) is 11.8 Å². The van der Waals surface area contributed by atoms with E-state index in [9.17, 15) is 9.59 Å². The topological polar surface area (TPSA) is 72.6 Å². The van der Waals surface area contributed by atoms with Crippen LogP contribution in [0.3, 0.4) is 0 Å². The molecule has 0 aromatic heterocycles. The number of nitrogens with two attached hydrogens (primary N) is 1. The van der Waals surface area contributed by atoms with Crippen molar-refractivity contribution in [3.05, 3.63) is 59.7 Å². The van der Waals surface area contributed by atoms with Crippen LogP contribution in [0, 0.1) is 0 Å². The zero-order valence-electron chi connectivity index (χ0n) is 14.1. The molecule has 1 aliphatic rings. The van der Waals surface area contributed by atoms with Crippen LogP contribution >= 0.6 is 0 Å². The molecule has 3 rings (SSSR count). The molecule has 25 heavy (non-hydrogen) atoms. The fraction of sp³-hybridized carbons (Fsp3) is 0.300. The first-order valence-electron chi connectivity index (χ1n) is 8.56. The van der Waals surface area contributed by atoms with E-state index in [1.54, 1.807) is 17.0 Å². The lowest BCUT2D eigenvalue weighted by molar-refractivity contribution is -0.118. The molecule has 0 fully saturated rings. The zero-order chi connectivity index (χ0) is 17.6. The highest BCUT2D eigenvalue weighted by atomic mass is 16.5. The van der Waals surface area contributed by atoms with E-state index in [-0.39, 0.29) is 5.91 Å². The largest absolute Gasteiger partial charge is 0.494 e. The van der Waals surface area contributed by atoms with Crippen molar-refractivity contribution in [1.82, 2.24) is 0 Å². The van der Waals surface area contributed by atoms with E-state index in [1.807, 2.05) is 36.4 Å². The Morgan fingerprint density at radius 2 is 1.88 bits per heavy atom. The van der Waals surface area contributed by atoms with Gasteiger partial charge >= 0.3 is 0 Å². The maximum Gasteiger partial charge on any atom is 0.249 e. The molecular formula is C20H22N2O3. The minimum atomic E-state index is -0.442. The summed E-state index contributed by atoms with van der Waals surface area (Å²) in [7, 11) is 0. The summed E-state index contributed by atoms with van der Waals surface area (Å²) in [6, 6.07) is 15.0. The van der Waals surface area contributed by atoms with Gasteiger partial charge in [0, 0.05) is 24.2 Å². The second-order valence-corrected chi connectivity index (χ2v) is 6.08. The molecule has 2 N–H and O–H groups in total. The monoisotopic (exact) mass is 338 g/mol. The van der Waals surface area contributed by atoms with Gasteiger partial charge in [-0.25, -0.2) is 0 Å². The Bertz CT molecular complexity index is 759. The summed E-state index contributed by atoms with van der Waals surface area (Å²) in [6.07, 6.45) is 2.67. The lowest BCUT2D eigenvalue weighted by Gasteiger charge is -2.30. The third kappa shape index (κ3) is 3.99. The van der Waals surface area contributed by atoms with Gasteiger partial charge in [-0.15, -0.1) is 0 Å². The van der Waals surface area contributed by atoms with Crippen molar-refractivity contribution in [2.75, 3.05) is 18.1 Å². The van der Waals surface area contributed by atoms with Crippen molar-refractivity contribution in [2.24, 2.45) is 5.73 Å². The quantitative estimate of drug-likeness (QED) is 0.823. The maximum atomic E-state index is 12.6. The number of hydrogen-bond donors (Lipinski definition) is 1. The summed E-state index contributed by atoms with van der Waals surface area (Å²) in [6.45, 7) is 1.17. The molecule has 0 bridgehead atoms. The summed E-state index contributed by atoms with van der Waals surface area (Å²) in [4.78, 5) is 26.0. The van der Waals surface area contributed by atoms with Crippen molar-refractivity contribution in [2.45, 2.75) is 25.7 Å². The second kappa shape index (κ2) is 7.83. The van der Waals surface area contributed by atoms with E-state index in [0.29, 0.717) is 31.6 Å². The number of carbonyl (C=O) groups excluding carboxylic acids is 2. The Morgan fingerprint density at radius 1 is 1.08 bits per heavy atom. The molecule has 0 saturated heterocycles.